The topological polar surface area (TPSA) is 52.6 Å². The number of carbonyl (C=O) groups is 2. The highest BCUT2D eigenvalue weighted by Crippen LogP contribution is 2.22. The summed E-state index contributed by atoms with van der Waals surface area (Å²) < 4.78 is 9.59. The Bertz CT molecular complexity index is 443. The summed E-state index contributed by atoms with van der Waals surface area (Å²) in [5.41, 5.74) is 0.731. The summed E-state index contributed by atoms with van der Waals surface area (Å²) in [7, 11) is 1.31. The van der Waals surface area contributed by atoms with Crippen LogP contribution in [0.3, 0.4) is 0 Å². The lowest BCUT2D eigenvalue weighted by molar-refractivity contribution is 0.0526. The summed E-state index contributed by atoms with van der Waals surface area (Å²) >= 11 is 1.55. The molecule has 0 aliphatic rings. The largest absolute Gasteiger partial charge is 0.465 e. The Morgan fingerprint density at radius 3 is 2.22 bits per heavy atom. The van der Waals surface area contributed by atoms with E-state index in [4.69, 9.17) is 4.74 Å². The molecule has 0 heterocycles. The van der Waals surface area contributed by atoms with Crippen molar-refractivity contribution < 1.29 is 19.1 Å². The molecule has 0 saturated heterocycles. The summed E-state index contributed by atoms with van der Waals surface area (Å²) in [5.74, 6) is -0.0345. The van der Waals surface area contributed by atoms with Gasteiger partial charge in [-0.05, 0) is 30.9 Å². The van der Waals surface area contributed by atoms with Gasteiger partial charge in [-0.25, -0.2) is 9.59 Å². The van der Waals surface area contributed by atoms with Gasteiger partial charge in [0.2, 0.25) is 0 Å². The maximum absolute atomic E-state index is 11.7. The van der Waals surface area contributed by atoms with Crippen molar-refractivity contribution in [2.24, 2.45) is 0 Å². The first-order valence-corrected chi connectivity index (χ1v) is 6.64. The number of carbonyl (C=O) groups excluding carboxylic acids is 2. The second kappa shape index (κ2) is 7.06. The van der Waals surface area contributed by atoms with Crippen LogP contribution in [0.4, 0.5) is 0 Å². The van der Waals surface area contributed by atoms with Gasteiger partial charge in [-0.1, -0.05) is 6.92 Å². The van der Waals surface area contributed by atoms with Crippen molar-refractivity contribution in [2.45, 2.75) is 18.7 Å². The van der Waals surface area contributed by atoms with E-state index in [-0.39, 0.29) is 0 Å². The van der Waals surface area contributed by atoms with Crippen molar-refractivity contribution in [2.75, 3.05) is 19.5 Å². The predicted octanol–water partition coefficient (Wildman–Crippen LogP) is 2.76. The van der Waals surface area contributed by atoms with Crippen LogP contribution < -0.4 is 0 Å². The highest BCUT2D eigenvalue weighted by Gasteiger charge is 2.14. The molecule has 0 bridgehead atoms. The molecule has 0 N–H and O–H groups in total. The minimum absolute atomic E-state index is 0.303. The molecule has 0 unspecified atom stereocenters. The van der Waals surface area contributed by atoms with E-state index in [1.807, 2.05) is 6.92 Å². The smallest absolute Gasteiger partial charge is 0.338 e. The van der Waals surface area contributed by atoms with Crippen molar-refractivity contribution in [3.63, 3.8) is 0 Å². The Morgan fingerprint density at radius 2 is 1.72 bits per heavy atom. The standard InChI is InChI=1S/C13H16O4S/c1-4-17-13(15)10-6-9(12(14)16-3)7-11(8-10)18-5-2/h6-8H,4-5H2,1-3H3. The zero-order valence-electron chi connectivity index (χ0n) is 10.7. The SMILES string of the molecule is CCOC(=O)c1cc(SCC)cc(C(=O)OC)c1. The van der Waals surface area contributed by atoms with E-state index in [9.17, 15) is 9.59 Å². The number of rotatable bonds is 5. The van der Waals surface area contributed by atoms with Crippen molar-refractivity contribution >= 4 is 23.7 Å². The van der Waals surface area contributed by atoms with E-state index in [1.165, 1.54) is 13.2 Å². The van der Waals surface area contributed by atoms with Gasteiger partial charge in [0.25, 0.3) is 0 Å². The minimum atomic E-state index is -0.459. The fourth-order valence-corrected chi connectivity index (χ4v) is 2.17. The molecule has 4 nitrogen and oxygen atoms in total. The van der Waals surface area contributed by atoms with Crippen LogP contribution in [0.1, 0.15) is 34.6 Å². The van der Waals surface area contributed by atoms with Gasteiger partial charge < -0.3 is 9.47 Å². The Balaban J connectivity index is 3.13. The van der Waals surface area contributed by atoms with Gasteiger partial charge in [0.15, 0.2) is 0 Å². The van der Waals surface area contributed by atoms with Gasteiger partial charge in [-0.2, -0.15) is 0 Å². The Morgan fingerprint density at radius 1 is 1.11 bits per heavy atom. The number of methoxy groups -OCH3 is 1. The van der Waals surface area contributed by atoms with Gasteiger partial charge in [-0.15, -0.1) is 11.8 Å². The van der Waals surface area contributed by atoms with Crippen LogP contribution in [0.15, 0.2) is 23.1 Å². The Hall–Kier alpha value is -1.49. The average Bonchev–Trinajstić information content (AvgIpc) is 2.38. The molecule has 0 aliphatic heterocycles. The Kier molecular flexibility index (Phi) is 5.71. The highest BCUT2D eigenvalue weighted by atomic mass is 32.2. The zero-order valence-corrected chi connectivity index (χ0v) is 11.5. The second-order valence-electron chi connectivity index (χ2n) is 3.39. The lowest BCUT2D eigenvalue weighted by atomic mass is 10.1. The molecule has 1 rings (SSSR count). The monoisotopic (exact) mass is 268 g/mol. The number of benzene rings is 1. The van der Waals surface area contributed by atoms with Crippen LogP contribution in [0.25, 0.3) is 0 Å². The molecule has 5 heteroatoms. The first-order chi connectivity index (χ1) is 8.62. The van der Waals surface area contributed by atoms with Gasteiger partial charge in [0, 0.05) is 4.90 Å². The molecule has 0 spiro atoms. The third-order valence-corrected chi connectivity index (χ3v) is 3.01. The molecule has 0 saturated carbocycles. The van der Waals surface area contributed by atoms with Gasteiger partial charge in [-0.3, -0.25) is 0 Å². The molecule has 0 amide bonds. The lowest BCUT2D eigenvalue weighted by Crippen LogP contribution is -2.08. The van der Waals surface area contributed by atoms with E-state index in [1.54, 1.807) is 30.8 Å². The molecule has 0 aliphatic carbocycles. The van der Waals surface area contributed by atoms with Crippen molar-refractivity contribution in [3.8, 4) is 0 Å². The van der Waals surface area contributed by atoms with E-state index in [0.29, 0.717) is 17.7 Å². The normalized spacial score (nSPS) is 9.94. The second-order valence-corrected chi connectivity index (χ2v) is 4.73. The maximum Gasteiger partial charge on any atom is 0.338 e. The van der Waals surface area contributed by atoms with Crippen LogP contribution >= 0.6 is 11.8 Å². The lowest BCUT2D eigenvalue weighted by Gasteiger charge is -2.07. The van der Waals surface area contributed by atoms with Crippen LogP contribution in [0, 0.1) is 0 Å². The summed E-state index contributed by atoms with van der Waals surface area (Å²) in [5, 5.41) is 0. The highest BCUT2D eigenvalue weighted by molar-refractivity contribution is 7.99. The number of hydrogen-bond acceptors (Lipinski definition) is 5. The molecule has 0 atom stereocenters. The van der Waals surface area contributed by atoms with Crippen LogP contribution in [0.2, 0.25) is 0 Å². The molecule has 98 valence electrons. The number of thioether (sulfide) groups is 1. The third-order valence-electron chi connectivity index (χ3n) is 2.15. The fraction of sp³-hybridized carbons (Fsp3) is 0.385. The van der Waals surface area contributed by atoms with E-state index in [2.05, 4.69) is 4.74 Å². The quantitative estimate of drug-likeness (QED) is 0.607. The fourth-order valence-electron chi connectivity index (χ4n) is 1.42. The number of hydrogen-bond donors (Lipinski definition) is 0. The average molecular weight is 268 g/mol. The maximum atomic E-state index is 11.7. The van der Waals surface area contributed by atoms with Crippen molar-refractivity contribution in [1.29, 1.82) is 0 Å². The molecule has 1 aromatic carbocycles. The summed E-state index contributed by atoms with van der Waals surface area (Å²) in [6, 6.07) is 4.92. The predicted molar refractivity (Wildman–Crippen MR) is 70.1 cm³/mol. The first kappa shape index (κ1) is 14.6. The van der Waals surface area contributed by atoms with Crippen LogP contribution in [-0.4, -0.2) is 31.4 Å². The molecule has 0 fully saturated rings. The van der Waals surface area contributed by atoms with Gasteiger partial charge in [0.05, 0.1) is 24.8 Å². The molecule has 18 heavy (non-hydrogen) atoms. The third kappa shape index (κ3) is 3.77. The van der Waals surface area contributed by atoms with Crippen molar-refractivity contribution in [3.05, 3.63) is 29.3 Å². The molecular formula is C13H16O4S. The van der Waals surface area contributed by atoms with Crippen molar-refractivity contribution in [1.82, 2.24) is 0 Å². The number of ether oxygens (including phenoxy) is 2. The molecule has 1 aromatic rings. The van der Waals surface area contributed by atoms with Gasteiger partial charge >= 0.3 is 11.9 Å². The van der Waals surface area contributed by atoms with Crippen LogP contribution in [0.5, 0.6) is 0 Å². The first-order valence-electron chi connectivity index (χ1n) is 5.65. The van der Waals surface area contributed by atoms with Gasteiger partial charge in [0.1, 0.15) is 0 Å². The summed E-state index contributed by atoms with van der Waals surface area (Å²) in [6.07, 6.45) is 0. The summed E-state index contributed by atoms with van der Waals surface area (Å²) in [6.45, 7) is 4.04. The Labute approximate surface area is 111 Å². The van der Waals surface area contributed by atoms with E-state index >= 15 is 0 Å². The molecular weight excluding hydrogens is 252 g/mol. The zero-order chi connectivity index (χ0) is 13.5. The minimum Gasteiger partial charge on any atom is -0.465 e. The molecule has 0 aromatic heterocycles. The number of esters is 2. The van der Waals surface area contributed by atoms with E-state index < -0.39 is 11.9 Å². The van der Waals surface area contributed by atoms with E-state index in [0.717, 1.165) is 10.6 Å². The van der Waals surface area contributed by atoms with Crippen LogP contribution in [-0.2, 0) is 9.47 Å². The molecule has 0 radical (unpaired) electrons. The summed E-state index contributed by atoms with van der Waals surface area (Å²) in [4.78, 5) is 24.1.